The van der Waals surface area contributed by atoms with Gasteiger partial charge in [0.05, 0.1) is 6.61 Å². The largest absolute Gasteiger partial charge is 0.384 e. The highest BCUT2D eigenvalue weighted by molar-refractivity contribution is 9.10. The van der Waals surface area contributed by atoms with Gasteiger partial charge < -0.3 is 15.4 Å². The van der Waals surface area contributed by atoms with Crippen molar-refractivity contribution in [1.29, 1.82) is 0 Å². The molecule has 2 rings (SSSR count). The van der Waals surface area contributed by atoms with Gasteiger partial charge in [-0.05, 0) is 49.5 Å². The van der Waals surface area contributed by atoms with Crippen LogP contribution in [-0.4, -0.2) is 38.3 Å². The lowest BCUT2D eigenvalue weighted by atomic mass is 10.0. The number of hydrogen-bond donors (Lipinski definition) is 1. The Kier molecular flexibility index (Phi) is 5.82. The van der Waals surface area contributed by atoms with Gasteiger partial charge in [0.1, 0.15) is 0 Å². The SMILES string of the molecule is COCC1CCN(CCC(N)c2cccc(Br)c2)C1. The Bertz CT molecular complexity index is 399. The number of benzene rings is 1. The van der Waals surface area contributed by atoms with E-state index in [-0.39, 0.29) is 6.04 Å². The highest BCUT2D eigenvalue weighted by Gasteiger charge is 2.22. The van der Waals surface area contributed by atoms with Crippen LogP contribution >= 0.6 is 15.9 Å². The van der Waals surface area contributed by atoms with Crippen LogP contribution < -0.4 is 5.73 Å². The minimum atomic E-state index is 0.124. The first-order valence-corrected chi connectivity index (χ1v) is 7.70. The van der Waals surface area contributed by atoms with Gasteiger partial charge in [-0.2, -0.15) is 0 Å². The first-order valence-electron chi connectivity index (χ1n) is 6.91. The van der Waals surface area contributed by atoms with Crippen LogP contribution in [-0.2, 0) is 4.74 Å². The van der Waals surface area contributed by atoms with Crippen LogP contribution in [0.4, 0.5) is 0 Å². The normalized spacial score (nSPS) is 21.7. The maximum atomic E-state index is 6.26. The summed E-state index contributed by atoms with van der Waals surface area (Å²) in [6.45, 7) is 4.29. The molecule has 0 spiro atoms. The average molecular weight is 327 g/mol. The van der Waals surface area contributed by atoms with Crippen molar-refractivity contribution in [3.05, 3.63) is 34.3 Å². The van der Waals surface area contributed by atoms with Crippen LogP contribution in [0.1, 0.15) is 24.4 Å². The number of rotatable bonds is 6. The molecule has 1 fully saturated rings. The third-order valence-corrected chi connectivity index (χ3v) is 4.30. The molecule has 0 aliphatic carbocycles. The second kappa shape index (κ2) is 7.39. The fourth-order valence-electron chi connectivity index (χ4n) is 2.71. The zero-order valence-corrected chi connectivity index (χ0v) is 13.1. The van der Waals surface area contributed by atoms with Crippen molar-refractivity contribution >= 4 is 15.9 Å². The van der Waals surface area contributed by atoms with E-state index in [9.17, 15) is 0 Å². The summed E-state index contributed by atoms with van der Waals surface area (Å²) in [7, 11) is 1.78. The summed E-state index contributed by atoms with van der Waals surface area (Å²) in [5, 5.41) is 0. The number of nitrogens with two attached hydrogens (primary N) is 1. The lowest BCUT2D eigenvalue weighted by Gasteiger charge is -2.19. The summed E-state index contributed by atoms with van der Waals surface area (Å²) in [5.74, 6) is 0.701. The molecule has 1 aromatic carbocycles. The third kappa shape index (κ3) is 4.56. The summed E-state index contributed by atoms with van der Waals surface area (Å²) >= 11 is 3.49. The molecule has 1 saturated heterocycles. The maximum Gasteiger partial charge on any atom is 0.0503 e. The third-order valence-electron chi connectivity index (χ3n) is 3.81. The molecule has 1 aliphatic heterocycles. The maximum absolute atomic E-state index is 6.26. The summed E-state index contributed by atoms with van der Waals surface area (Å²) in [5.41, 5.74) is 7.47. The predicted molar refractivity (Wildman–Crippen MR) is 82.1 cm³/mol. The molecule has 3 nitrogen and oxygen atoms in total. The first kappa shape index (κ1) is 15.0. The van der Waals surface area contributed by atoms with Crippen molar-refractivity contribution in [2.75, 3.05) is 33.4 Å². The van der Waals surface area contributed by atoms with Gasteiger partial charge in [-0.1, -0.05) is 28.1 Å². The topological polar surface area (TPSA) is 38.5 Å². The van der Waals surface area contributed by atoms with E-state index < -0.39 is 0 Å². The van der Waals surface area contributed by atoms with E-state index in [1.165, 1.54) is 18.5 Å². The minimum absolute atomic E-state index is 0.124. The highest BCUT2D eigenvalue weighted by atomic mass is 79.9. The molecule has 0 saturated carbocycles. The zero-order valence-electron chi connectivity index (χ0n) is 11.5. The van der Waals surface area contributed by atoms with Crippen LogP contribution in [0.3, 0.4) is 0 Å². The number of methoxy groups -OCH3 is 1. The molecule has 0 radical (unpaired) electrons. The standard InChI is InChI=1S/C15H23BrN2O/c1-19-11-12-5-7-18(10-12)8-6-15(17)13-3-2-4-14(16)9-13/h2-4,9,12,15H,5-8,10-11,17H2,1H3. The number of nitrogens with zero attached hydrogens (tertiary/aromatic N) is 1. The number of hydrogen-bond acceptors (Lipinski definition) is 3. The molecule has 4 heteroatoms. The van der Waals surface area contributed by atoms with E-state index in [0.29, 0.717) is 5.92 Å². The lowest BCUT2D eigenvalue weighted by Crippen LogP contribution is -2.26. The second-order valence-electron chi connectivity index (χ2n) is 5.36. The van der Waals surface area contributed by atoms with Crippen molar-refractivity contribution in [1.82, 2.24) is 4.90 Å². The van der Waals surface area contributed by atoms with E-state index in [1.54, 1.807) is 7.11 Å². The van der Waals surface area contributed by atoms with Crippen molar-refractivity contribution in [3.63, 3.8) is 0 Å². The Morgan fingerprint density at radius 3 is 3.11 bits per heavy atom. The average Bonchev–Trinajstić information content (AvgIpc) is 2.84. The van der Waals surface area contributed by atoms with Crippen LogP contribution in [0.15, 0.2) is 28.7 Å². The molecule has 106 valence electrons. The van der Waals surface area contributed by atoms with E-state index in [1.807, 2.05) is 12.1 Å². The Hall–Kier alpha value is -0.420. The Morgan fingerprint density at radius 2 is 2.37 bits per heavy atom. The van der Waals surface area contributed by atoms with Gasteiger partial charge in [0.25, 0.3) is 0 Å². The monoisotopic (exact) mass is 326 g/mol. The molecule has 0 aromatic heterocycles. The van der Waals surface area contributed by atoms with Gasteiger partial charge in [-0.3, -0.25) is 0 Å². The van der Waals surface area contributed by atoms with Crippen molar-refractivity contribution < 1.29 is 4.74 Å². The van der Waals surface area contributed by atoms with Crippen LogP contribution in [0.25, 0.3) is 0 Å². The molecule has 2 N–H and O–H groups in total. The van der Waals surface area contributed by atoms with E-state index >= 15 is 0 Å². The van der Waals surface area contributed by atoms with Crippen LogP contribution in [0.2, 0.25) is 0 Å². The highest BCUT2D eigenvalue weighted by Crippen LogP contribution is 2.21. The van der Waals surface area contributed by atoms with Crippen LogP contribution in [0, 0.1) is 5.92 Å². The van der Waals surface area contributed by atoms with E-state index in [0.717, 1.165) is 30.6 Å². The number of ether oxygens (including phenoxy) is 1. The van der Waals surface area contributed by atoms with Crippen molar-refractivity contribution in [2.24, 2.45) is 11.7 Å². The fourth-order valence-corrected chi connectivity index (χ4v) is 3.13. The van der Waals surface area contributed by atoms with Gasteiger partial charge in [0, 0.05) is 24.2 Å². The fraction of sp³-hybridized carbons (Fsp3) is 0.600. The molecule has 19 heavy (non-hydrogen) atoms. The molecule has 0 amide bonds. The predicted octanol–water partition coefficient (Wildman–Crippen LogP) is 2.81. The van der Waals surface area contributed by atoms with Crippen molar-refractivity contribution in [3.8, 4) is 0 Å². The van der Waals surface area contributed by atoms with Gasteiger partial charge in [-0.25, -0.2) is 0 Å². The van der Waals surface area contributed by atoms with Gasteiger partial charge in [0.15, 0.2) is 0 Å². The van der Waals surface area contributed by atoms with Crippen LogP contribution in [0.5, 0.6) is 0 Å². The summed E-state index contributed by atoms with van der Waals surface area (Å²) < 4.78 is 6.32. The Morgan fingerprint density at radius 1 is 1.53 bits per heavy atom. The summed E-state index contributed by atoms with van der Waals surface area (Å²) in [6, 6.07) is 8.42. The Labute approximate surface area is 124 Å². The Balaban J connectivity index is 1.76. The summed E-state index contributed by atoms with van der Waals surface area (Å²) in [4.78, 5) is 2.50. The molecular formula is C15H23BrN2O. The number of halogens is 1. The van der Waals surface area contributed by atoms with E-state index in [2.05, 4.69) is 33.0 Å². The smallest absolute Gasteiger partial charge is 0.0503 e. The zero-order chi connectivity index (χ0) is 13.7. The quantitative estimate of drug-likeness (QED) is 0.873. The van der Waals surface area contributed by atoms with Gasteiger partial charge in [-0.15, -0.1) is 0 Å². The molecular weight excluding hydrogens is 304 g/mol. The van der Waals surface area contributed by atoms with E-state index in [4.69, 9.17) is 10.5 Å². The molecule has 1 aliphatic rings. The summed E-state index contributed by atoms with van der Waals surface area (Å²) in [6.07, 6.45) is 2.26. The molecule has 2 atom stereocenters. The molecule has 2 unspecified atom stereocenters. The van der Waals surface area contributed by atoms with Crippen molar-refractivity contribution in [2.45, 2.75) is 18.9 Å². The lowest BCUT2D eigenvalue weighted by molar-refractivity contribution is 0.153. The molecule has 1 heterocycles. The molecule has 1 aromatic rings. The van der Waals surface area contributed by atoms with Gasteiger partial charge >= 0.3 is 0 Å². The minimum Gasteiger partial charge on any atom is -0.384 e. The van der Waals surface area contributed by atoms with Gasteiger partial charge in [0.2, 0.25) is 0 Å². The number of likely N-dealkylation sites (tertiary alicyclic amines) is 1. The molecule has 0 bridgehead atoms. The second-order valence-corrected chi connectivity index (χ2v) is 6.28. The first-order chi connectivity index (χ1) is 9.19.